The lowest BCUT2D eigenvalue weighted by molar-refractivity contribution is 0.147. The Hall–Kier alpha value is -2.58. The molecule has 28 heavy (non-hydrogen) atoms. The summed E-state index contributed by atoms with van der Waals surface area (Å²) < 4.78 is 6.81. The standard InChI is InChI=1S/C20H26N6OS/c1-2-27-12-6-10-23-18-17-15-9-11-25(14-7-4-3-5-8-14)13-16(15)28-19(17)26(22)20(21)24-18/h3-5,7-8H,2,6,9-13,22H2,1H3,(H2,21,23,24). The number of nitrogens with zero attached hydrogens (tertiary/aromatic N) is 3. The third kappa shape index (κ3) is 3.57. The van der Waals surface area contributed by atoms with Gasteiger partial charge in [0, 0.05) is 36.9 Å². The fraction of sp³-hybridized carbons (Fsp3) is 0.400. The predicted molar refractivity (Wildman–Crippen MR) is 114 cm³/mol. The largest absolute Gasteiger partial charge is 0.382 e. The number of nitrogens with two attached hydrogens (primary N) is 1. The molecule has 0 saturated carbocycles. The minimum Gasteiger partial charge on any atom is -0.382 e. The zero-order valence-corrected chi connectivity index (χ0v) is 16.9. The van der Waals surface area contributed by atoms with E-state index in [9.17, 15) is 0 Å². The highest BCUT2D eigenvalue weighted by Gasteiger charge is 2.25. The molecule has 4 N–H and O–H groups in total. The molecule has 2 aromatic heterocycles. The zero-order chi connectivity index (χ0) is 19.5. The molecule has 0 unspecified atom stereocenters. The average molecular weight is 399 g/mol. The summed E-state index contributed by atoms with van der Waals surface area (Å²) in [7, 11) is 0. The molecule has 3 heterocycles. The molecule has 0 aliphatic carbocycles. The number of aromatic nitrogens is 2. The van der Waals surface area contributed by atoms with Crippen molar-refractivity contribution in [2.45, 2.75) is 26.3 Å². The summed E-state index contributed by atoms with van der Waals surface area (Å²) in [6.45, 7) is 6.02. The summed E-state index contributed by atoms with van der Waals surface area (Å²) in [5, 5.41) is 12.6. The van der Waals surface area contributed by atoms with Gasteiger partial charge >= 0.3 is 0 Å². The fourth-order valence-corrected chi connectivity index (χ4v) is 4.92. The molecule has 1 aromatic carbocycles. The molecule has 0 amide bonds. The Kier molecular flexibility index (Phi) is 5.50. The molecule has 0 bridgehead atoms. The van der Waals surface area contributed by atoms with Crippen LogP contribution in [0.15, 0.2) is 30.3 Å². The molecule has 3 aromatic rings. The van der Waals surface area contributed by atoms with Crippen molar-refractivity contribution in [3.63, 3.8) is 0 Å². The van der Waals surface area contributed by atoms with E-state index in [2.05, 4.69) is 39.5 Å². The first-order valence-electron chi connectivity index (χ1n) is 9.67. The molecule has 0 atom stereocenters. The van der Waals surface area contributed by atoms with Gasteiger partial charge in [-0.3, -0.25) is 5.41 Å². The molecule has 8 heteroatoms. The van der Waals surface area contributed by atoms with Crippen LogP contribution in [0.5, 0.6) is 0 Å². The molecular formula is C20H26N6OS. The van der Waals surface area contributed by atoms with E-state index in [1.165, 1.54) is 20.8 Å². The zero-order valence-electron chi connectivity index (χ0n) is 16.1. The molecule has 0 fully saturated rings. The van der Waals surface area contributed by atoms with E-state index in [1.807, 2.05) is 13.0 Å². The third-order valence-electron chi connectivity index (χ3n) is 5.02. The van der Waals surface area contributed by atoms with Gasteiger partial charge in [0.05, 0.1) is 11.9 Å². The van der Waals surface area contributed by atoms with Crippen molar-refractivity contribution in [2.24, 2.45) is 0 Å². The lowest BCUT2D eigenvalue weighted by Crippen LogP contribution is -2.31. The number of anilines is 2. The maximum absolute atomic E-state index is 8.13. The number of nitrogen functional groups attached to an aromatic ring is 1. The van der Waals surface area contributed by atoms with Gasteiger partial charge in [0.25, 0.3) is 0 Å². The van der Waals surface area contributed by atoms with Crippen molar-refractivity contribution in [2.75, 3.05) is 42.4 Å². The molecule has 0 saturated heterocycles. The summed E-state index contributed by atoms with van der Waals surface area (Å²) in [4.78, 5) is 9.02. The summed E-state index contributed by atoms with van der Waals surface area (Å²) in [5.74, 6) is 6.92. The maximum atomic E-state index is 8.13. The Bertz CT molecular complexity index is 1010. The van der Waals surface area contributed by atoms with E-state index in [-0.39, 0.29) is 5.62 Å². The normalized spacial score (nSPS) is 13.7. The fourth-order valence-electron chi connectivity index (χ4n) is 3.63. The first kappa shape index (κ1) is 18.8. The summed E-state index contributed by atoms with van der Waals surface area (Å²) >= 11 is 1.67. The van der Waals surface area contributed by atoms with E-state index in [0.29, 0.717) is 0 Å². The lowest BCUT2D eigenvalue weighted by Gasteiger charge is -2.29. The Labute approximate surface area is 168 Å². The van der Waals surface area contributed by atoms with Crippen LogP contribution in [0.3, 0.4) is 0 Å². The van der Waals surface area contributed by atoms with Crippen LogP contribution in [0.4, 0.5) is 11.5 Å². The third-order valence-corrected chi connectivity index (χ3v) is 6.24. The monoisotopic (exact) mass is 398 g/mol. The van der Waals surface area contributed by atoms with Crippen LogP contribution in [0, 0.1) is 5.41 Å². The Morgan fingerprint density at radius 3 is 2.93 bits per heavy atom. The van der Waals surface area contributed by atoms with Crippen LogP contribution in [-0.2, 0) is 17.7 Å². The van der Waals surface area contributed by atoms with Gasteiger partial charge in [0.1, 0.15) is 10.6 Å². The van der Waals surface area contributed by atoms with E-state index < -0.39 is 0 Å². The van der Waals surface area contributed by atoms with Crippen LogP contribution in [0.2, 0.25) is 0 Å². The average Bonchev–Trinajstić information content (AvgIpc) is 3.11. The van der Waals surface area contributed by atoms with Crippen LogP contribution in [-0.4, -0.2) is 36.0 Å². The molecule has 0 spiro atoms. The number of hydrogen-bond donors (Lipinski definition) is 3. The van der Waals surface area contributed by atoms with Gasteiger partial charge in [-0.2, -0.15) is 4.98 Å². The molecule has 4 rings (SSSR count). The topological polar surface area (TPSA) is 92.2 Å². The highest BCUT2D eigenvalue weighted by molar-refractivity contribution is 7.19. The highest BCUT2D eigenvalue weighted by Crippen LogP contribution is 2.38. The van der Waals surface area contributed by atoms with Crippen molar-refractivity contribution in [1.82, 2.24) is 9.66 Å². The number of hydrogen-bond acceptors (Lipinski definition) is 7. The van der Waals surface area contributed by atoms with Crippen LogP contribution in [0.1, 0.15) is 23.8 Å². The Morgan fingerprint density at radius 1 is 1.32 bits per heavy atom. The second-order valence-corrected chi connectivity index (χ2v) is 7.91. The second kappa shape index (κ2) is 8.20. The van der Waals surface area contributed by atoms with Gasteiger partial charge in [-0.25, -0.2) is 4.68 Å². The van der Waals surface area contributed by atoms with E-state index >= 15 is 0 Å². The van der Waals surface area contributed by atoms with Crippen molar-refractivity contribution < 1.29 is 4.74 Å². The SMILES string of the molecule is CCOCCCNc1nc(=N)n(N)c2sc3c(c12)CCN(c1ccccc1)C3. The first-order valence-corrected chi connectivity index (χ1v) is 10.5. The molecule has 0 radical (unpaired) electrons. The molecular weight excluding hydrogens is 372 g/mol. The van der Waals surface area contributed by atoms with Crippen molar-refractivity contribution in [3.8, 4) is 0 Å². The Balaban J connectivity index is 1.65. The Morgan fingerprint density at radius 2 is 2.14 bits per heavy atom. The minimum absolute atomic E-state index is 0.0679. The van der Waals surface area contributed by atoms with Gasteiger partial charge in [-0.05, 0) is 37.5 Å². The van der Waals surface area contributed by atoms with Crippen molar-refractivity contribution in [3.05, 3.63) is 46.4 Å². The molecule has 1 aliphatic rings. The first-order chi connectivity index (χ1) is 13.7. The number of rotatable bonds is 7. The van der Waals surface area contributed by atoms with E-state index in [4.69, 9.17) is 16.0 Å². The quantitative estimate of drug-likeness (QED) is 0.420. The van der Waals surface area contributed by atoms with Crippen LogP contribution >= 0.6 is 11.3 Å². The number of benzene rings is 1. The van der Waals surface area contributed by atoms with Gasteiger partial charge in [0.2, 0.25) is 5.62 Å². The van der Waals surface area contributed by atoms with Gasteiger partial charge < -0.3 is 20.8 Å². The number of ether oxygens (including phenoxy) is 1. The minimum atomic E-state index is 0.0679. The van der Waals surface area contributed by atoms with Gasteiger partial charge in [-0.1, -0.05) is 18.2 Å². The number of nitrogens with one attached hydrogen (secondary N) is 2. The molecule has 148 valence electrons. The van der Waals surface area contributed by atoms with Gasteiger partial charge in [-0.15, -0.1) is 11.3 Å². The van der Waals surface area contributed by atoms with E-state index in [0.717, 1.165) is 61.7 Å². The smallest absolute Gasteiger partial charge is 0.244 e. The second-order valence-electron chi connectivity index (χ2n) is 6.82. The van der Waals surface area contributed by atoms with E-state index in [1.54, 1.807) is 11.3 Å². The highest BCUT2D eigenvalue weighted by atomic mass is 32.1. The molecule has 1 aliphatic heterocycles. The molecule has 7 nitrogen and oxygen atoms in total. The number of fused-ring (bicyclic) bond motifs is 3. The lowest BCUT2D eigenvalue weighted by atomic mass is 10.0. The maximum Gasteiger partial charge on any atom is 0.244 e. The van der Waals surface area contributed by atoms with Crippen LogP contribution in [0.25, 0.3) is 10.2 Å². The predicted octanol–water partition coefficient (Wildman–Crippen LogP) is 2.69. The van der Waals surface area contributed by atoms with Gasteiger partial charge in [0.15, 0.2) is 0 Å². The number of thiophene rings is 1. The summed E-state index contributed by atoms with van der Waals surface area (Å²) in [6.07, 6.45) is 1.84. The van der Waals surface area contributed by atoms with Crippen molar-refractivity contribution >= 4 is 33.1 Å². The summed E-state index contributed by atoms with van der Waals surface area (Å²) in [6, 6.07) is 10.5. The summed E-state index contributed by atoms with van der Waals surface area (Å²) in [5.41, 5.74) is 2.62. The van der Waals surface area contributed by atoms with Crippen molar-refractivity contribution in [1.29, 1.82) is 5.41 Å². The number of para-hydroxylation sites is 1. The van der Waals surface area contributed by atoms with Crippen LogP contribution < -0.4 is 21.7 Å².